The summed E-state index contributed by atoms with van der Waals surface area (Å²) in [5, 5.41) is 8.95. The SMILES string of the molecule is S=C=NC(N=C=S)(P(c1ccccc1)c1ccccc1)P(c1ccccc1)c1ccccc1. The first-order valence-electron chi connectivity index (χ1n) is 10.3. The number of hydrogen-bond donors (Lipinski definition) is 0. The molecule has 0 bridgehead atoms. The molecule has 0 aliphatic carbocycles. The molecule has 0 spiro atoms. The zero-order valence-electron chi connectivity index (χ0n) is 17.7. The molecule has 0 saturated carbocycles. The van der Waals surface area contributed by atoms with Crippen LogP contribution in [0.4, 0.5) is 0 Å². The van der Waals surface area contributed by atoms with Gasteiger partial charge in [0.25, 0.3) is 0 Å². The molecule has 2 nitrogen and oxygen atoms in total. The predicted octanol–water partition coefficient (Wildman–Crippen LogP) is 6.07. The summed E-state index contributed by atoms with van der Waals surface area (Å²) in [6.07, 6.45) is 0. The fourth-order valence-electron chi connectivity index (χ4n) is 3.75. The minimum Gasteiger partial charge on any atom is -0.191 e. The molecule has 0 unspecified atom stereocenters. The molecule has 6 heteroatoms. The van der Waals surface area contributed by atoms with Crippen molar-refractivity contribution in [1.82, 2.24) is 0 Å². The molecule has 160 valence electrons. The van der Waals surface area contributed by atoms with E-state index in [2.05, 4.69) is 58.9 Å². The summed E-state index contributed by atoms with van der Waals surface area (Å²) in [5.41, 5.74) is 0. The van der Waals surface area contributed by atoms with Crippen LogP contribution in [0.3, 0.4) is 0 Å². The molecule has 0 fully saturated rings. The van der Waals surface area contributed by atoms with Crippen molar-refractivity contribution in [3.05, 3.63) is 121 Å². The maximum absolute atomic E-state index is 5.23. The van der Waals surface area contributed by atoms with Crippen molar-refractivity contribution >= 4 is 71.8 Å². The third kappa shape index (κ3) is 5.14. The Labute approximate surface area is 207 Å². The summed E-state index contributed by atoms with van der Waals surface area (Å²) >= 11 is 10.5. The van der Waals surface area contributed by atoms with Crippen LogP contribution < -0.4 is 21.2 Å². The molecule has 0 N–H and O–H groups in total. The minimum absolute atomic E-state index is 1.00. The van der Waals surface area contributed by atoms with Crippen molar-refractivity contribution in [3.8, 4) is 0 Å². The highest BCUT2D eigenvalue weighted by molar-refractivity contribution is 7.91. The van der Waals surface area contributed by atoms with Crippen LogP contribution in [0.25, 0.3) is 0 Å². The van der Waals surface area contributed by atoms with Crippen LogP contribution in [0, 0.1) is 0 Å². The predicted molar refractivity (Wildman–Crippen MR) is 151 cm³/mol. The Bertz CT molecular complexity index is 1090. The number of rotatable bonds is 8. The van der Waals surface area contributed by atoms with E-state index < -0.39 is 21.0 Å². The summed E-state index contributed by atoms with van der Waals surface area (Å²) in [6.45, 7) is 0. The third-order valence-electron chi connectivity index (χ3n) is 5.05. The van der Waals surface area contributed by atoms with Gasteiger partial charge in [0.15, 0.2) is 0 Å². The molecule has 4 aromatic rings. The molecular formula is C27H20N2P2S2. The molecular weight excluding hydrogens is 478 g/mol. The van der Waals surface area contributed by atoms with Gasteiger partial charge < -0.3 is 0 Å². The van der Waals surface area contributed by atoms with Crippen LogP contribution in [0.2, 0.25) is 0 Å². The maximum atomic E-state index is 5.23. The van der Waals surface area contributed by atoms with Gasteiger partial charge in [0.2, 0.25) is 5.15 Å². The lowest BCUT2D eigenvalue weighted by atomic mass is 10.4. The van der Waals surface area contributed by atoms with Gasteiger partial charge >= 0.3 is 0 Å². The average molecular weight is 499 g/mol. The second-order valence-electron chi connectivity index (χ2n) is 7.02. The number of hydrogen-bond acceptors (Lipinski definition) is 4. The summed E-state index contributed by atoms with van der Waals surface area (Å²) in [7, 11) is -2.32. The van der Waals surface area contributed by atoms with E-state index in [1.165, 1.54) is 0 Å². The van der Waals surface area contributed by atoms with Crippen molar-refractivity contribution in [3.63, 3.8) is 0 Å². The molecule has 0 aliphatic heterocycles. The highest BCUT2D eigenvalue weighted by Gasteiger charge is 2.49. The molecule has 0 saturated heterocycles. The fourth-order valence-corrected chi connectivity index (χ4v) is 10.9. The molecule has 0 heterocycles. The highest BCUT2D eigenvalue weighted by atomic mass is 32.1. The first kappa shape index (κ1) is 23.5. The van der Waals surface area contributed by atoms with Crippen LogP contribution in [0.5, 0.6) is 0 Å². The van der Waals surface area contributed by atoms with Crippen molar-refractivity contribution in [1.29, 1.82) is 0 Å². The van der Waals surface area contributed by atoms with E-state index in [1.54, 1.807) is 0 Å². The van der Waals surface area contributed by atoms with Crippen LogP contribution in [0.1, 0.15) is 0 Å². The number of benzene rings is 4. The Morgan fingerprint density at radius 3 is 0.909 bits per heavy atom. The summed E-state index contributed by atoms with van der Waals surface area (Å²) in [5.74, 6) is 0. The van der Waals surface area contributed by atoms with Gasteiger partial charge in [0, 0.05) is 15.8 Å². The molecule has 0 aromatic heterocycles. The monoisotopic (exact) mass is 498 g/mol. The smallest absolute Gasteiger partial charge is 0.191 e. The van der Waals surface area contributed by atoms with Crippen LogP contribution in [-0.4, -0.2) is 15.5 Å². The third-order valence-corrected chi connectivity index (χ3v) is 11.3. The van der Waals surface area contributed by atoms with E-state index in [0.29, 0.717) is 0 Å². The largest absolute Gasteiger partial charge is 0.221 e. The van der Waals surface area contributed by atoms with Gasteiger partial charge in [-0.05, 0) is 45.7 Å². The van der Waals surface area contributed by atoms with E-state index in [1.807, 2.05) is 72.8 Å². The number of nitrogens with zero attached hydrogens (tertiary/aromatic N) is 2. The van der Waals surface area contributed by atoms with Crippen LogP contribution in [-0.2, 0) is 0 Å². The zero-order valence-corrected chi connectivity index (χ0v) is 21.1. The van der Waals surface area contributed by atoms with Gasteiger partial charge in [-0.1, -0.05) is 121 Å². The first-order valence-corrected chi connectivity index (χ1v) is 13.8. The molecule has 0 atom stereocenters. The van der Waals surface area contributed by atoms with E-state index in [0.717, 1.165) is 21.2 Å². The lowest BCUT2D eigenvalue weighted by Gasteiger charge is -2.40. The number of thiocarbonyl (C=S) groups is 2. The van der Waals surface area contributed by atoms with Crippen molar-refractivity contribution in [2.75, 3.05) is 0 Å². The van der Waals surface area contributed by atoms with E-state index in [4.69, 9.17) is 34.4 Å². The van der Waals surface area contributed by atoms with Gasteiger partial charge in [-0.25, -0.2) is 0 Å². The van der Waals surface area contributed by atoms with Gasteiger partial charge in [0.05, 0.1) is 10.3 Å². The molecule has 0 aliphatic rings. The van der Waals surface area contributed by atoms with Crippen molar-refractivity contribution < 1.29 is 0 Å². The molecule has 4 rings (SSSR count). The van der Waals surface area contributed by atoms with E-state index in [9.17, 15) is 0 Å². The Kier molecular flexibility index (Phi) is 8.16. The number of isothiocyanates is 2. The molecule has 0 amide bonds. The molecule has 0 radical (unpaired) electrons. The minimum atomic E-state index is -1.16. The normalized spacial score (nSPS) is 11.0. The first-order chi connectivity index (χ1) is 16.3. The lowest BCUT2D eigenvalue weighted by Crippen LogP contribution is -2.36. The zero-order chi connectivity index (χ0) is 22.9. The van der Waals surface area contributed by atoms with E-state index in [-0.39, 0.29) is 0 Å². The second kappa shape index (κ2) is 11.5. The topological polar surface area (TPSA) is 24.7 Å². The van der Waals surface area contributed by atoms with Crippen LogP contribution in [0.15, 0.2) is 131 Å². The standard InChI is InChI=1S/C27H20N2P2S2/c32-21-28-27(29-22-33,30(23-13-5-1-6-14-23)24-15-7-2-8-16-24)31(25-17-9-3-10-18-25)26-19-11-4-12-20-26/h1-20H. The second-order valence-corrected chi connectivity index (χ2v) is 12.4. The van der Waals surface area contributed by atoms with Crippen molar-refractivity contribution in [2.45, 2.75) is 5.15 Å². The number of aliphatic imine (C=N–C) groups is 2. The quantitative estimate of drug-likeness (QED) is 0.167. The fraction of sp³-hybridized carbons (Fsp3) is 0.0370. The van der Waals surface area contributed by atoms with Crippen molar-refractivity contribution in [2.24, 2.45) is 9.98 Å². The summed E-state index contributed by atoms with van der Waals surface area (Å²) < 4.78 is 0. The van der Waals surface area contributed by atoms with Crippen LogP contribution >= 0.6 is 40.3 Å². The van der Waals surface area contributed by atoms with E-state index >= 15 is 0 Å². The maximum Gasteiger partial charge on any atom is 0.221 e. The molecule has 33 heavy (non-hydrogen) atoms. The van der Waals surface area contributed by atoms with Gasteiger partial charge in [-0.3, -0.25) is 0 Å². The summed E-state index contributed by atoms with van der Waals surface area (Å²) in [4.78, 5) is 9.76. The average Bonchev–Trinajstić information content (AvgIpc) is 2.87. The Hall–Kier alpha value is -2.66. The highest BCUT2D eigenvalue weighted by Crippen LogP contribution is 2.66. The van der Waals surface area contributed by atoms with Gasteiger partial charge in [0.1, 0.15) is 0 Å². The van der Waals surface area contributed by atoms with Gasteiger partial charge in [-0.15, -0.1) is 0 Å². The van der Waals surface area contributed by atoms with Gasteiger partial charge in [-0.2, -0.15) is 9.98 Å². The summed E-state index contributed by atoms with van der Waals surface area (Å²) in [6, 6.07) is 41.5. The Morgan fingerprint density at radius 1 is 0.455 bits per heavy atom. The Morgan fingerprint density at radius 2 is 0.697 bits per heavy atom. The lowest BCUT2D eigenvalue weighted by molar-refractivity contribution is 0.912. The Balaban J connectivity index is 2.11. The molecule has 4 aromatic carbocycles.